The summed E-state index contributed by atoms with van der Waals surface area (Å²) in [5.41, 5.74) is 1.16. The molecule has 132 valence electrons. The highest BCUT2D eigenvalue weighted by Gasteiger charge is 2.28. The van der Waals surface area contributed by atoms with Gasteiger partial charge in [-0.2, -0.15) is 0 Å². The number of aryl methyl sites for hydroxylation is 1. The molecule has 1 saturated heterocycles. The maximum atomic E-state index is 12.4. The number of nitrogens with zero attached hydrogens (tertiary/aromatic N) is 1. The molecule has 6 nitrogen and oxygen atoms in total. The van der Waals surface area contributed by atoms with E-state index in [-0.39, 0.29) is 24.2 Å². The Morgan fingerprint density at radius 1 is 1.16 bits per heavy atom. The van der Waals surface area contributed by atoms with Gasteiger partial charge in [0.1, 0.15) is 18.1 Å². The molecule has 1 aromatic carbocycles. The van der Waals surface area contributed by atoms with Gasteiger partial charge in [-0.05, 0) is 44.0 Å². The molecule has 3 rings (SSSR count). The molecule has 1 amide bonds. The molecule has 2 aromatic rings. The van der Waals surface area contributed by atoms with Crippen LogP contribution in [0.4, 0.5) is 0 Å². The topological polar surface area (TPSA) is 80.0 Å². The zero-order chi connectivity index (χ0) is 17.8. The first-order valence-electron chi connectivity index (χ1n) is 8.33. The number of furan rings is 1. The van der Waals surface area contributed by atoms with Crippen LogP contribution < -0.4 is 4.74 Å². The van der Waals surface area contributed by atoms with Crippen molar-refractivity contribution in [3.8, 4) is 5.75 Å². The van der Waals surface area contributed by atoms with Gasteiger partial charge in [0.05, 0.1) is 5.92 Å². The lowest BCUT2D eigenvalue weighted by atomic mass is 9.97. The third-order valence-electron chi connectivity index (χ3n) is 4.41. The quantitative estimate of drug-likeness (QED) is 0.902. The monoisotopic (exact) mass is 343 g/mol. The largest absolute Gasteiger partial charge is 0.486 e. The molecule has 2 heterocycles. The van der Waals surface area contributed by atoms with Crippen LogP contribution in [0.1, 0.15) is 34.7 Å². The molecule has 1 aliphatic rings. The standard InChI is InChI=1S/C19H21NO5/c1-13-2-4-15(5-3-13)24-12-16-6-7-17(25-16)18(21)20-10-8-14(9-11-20)19(22)23/h2-7,14H,8-12H2,1H3,(H,22,23). The van der Waals surface area contributed by atoms with E-state index in [1.54, 1.807) is 17.0 Å². The number of carboxylic acid groups (broad SMARTS) is 1. The minimum atomic E-state index is -0.791. The van der Waals surface area contributed by atoms with Gasteiger partial charge in [0.2, 0.25) is 0 Å². The first-order valence-corrected chi connectivity index (χ1v) is 8.33. The molecule has 25 heavy (non-hydrogen) atoms. The van der Waals surface area contributed by atoms with Crippen molar-refractivity contribution in [2.45, 2.75) is 26.4 Å². The predicted molar refractivity (Wildman–Crippen MR) is 90.5 cm³/mol. The number of rotatable bonds is 5. The smallest absolute Gasteiger partial charge is 0.306 e. The summed E-state index contributed by atoms with van der Waals surface area (Å²) in [7, 11) is 0. The Labute approximate surface area is 146 Å². The molecular formula is C19H21NO5. The lowest BCUT2D eigenvalue weighted by molar-refractivity contribution is -0.143. The Morgan fingerprint density at radius 2 is 1.84 bits per heavy atom. The average molecular weight is 343 g/mol. The van der Waals surface area contributed by atoms with E-state index < -0.39 is 5.97 Å². The van der Waals surface area contributed by atoms with Gasteiger partial charge in [0, 0.05) is 13.1 Å². The molecule has 1 fully saturated rings. The molecule has 0 atom stereocenters. The SMILES string of the molecule is Cc1ccc(OCc2ccc(C(=O)N3CCC(C(=O)O)CC3)o2)cc1. The Hall–Kier alpha value is -2.76. The number of hydrogen-bond acceptors (Lipinski definition) is 4. The number of piperidine rings is 1. The number of carboxylic acids is 1. The number of hydrogen-bond donors (Lipinski definition) is 1. The van der Waals surface area contributed by atoms with Crippen LogP contribution in [-0.4, -0.2) is 35.0 Å². The van der Waals surface area contributed by atoms with Gasteiger partial charge in [-0.15, -0.1) is 0 Å². The minimum Gasteiger partial charge on any atom is -0.486 e. The number of likely N-dealkylation sites (tertiary alicyclic amines) is 1. The van der Waals surface area contributed by atoms with Crippen LogP contribution in [0.2, 0.25) is 0 Å². The fourth-order valence-electron chi connectivity index (χ4n) is 2.84. The van der Waals surface area contributed by atoms with E-state index in [9.17, 15) is 9.59 Å². The van der Waals surface area contributed by atoms with Gasteiger partial charge in [-0.25, -0.2) is 0 Å². The van der Waals surface area contributed by atoms with E-state index in [1.165, 1.54) is 0 Å². The second-order valence-corrected chi connectivity index (χ2v) is 6.27. The van der Waals surface area contributed by atoms with Crippen LogP contribution in [-0.2, 0) is 11.4 Å². The van der Waals surface area contributed by atoms with E-state index in [0.29, 0.717) is 31.7 Å². The van der Waals surface area contributed by atoms with Crippen LogP contribution >= 0.6 is 0 Å². The number of ether oxygens (including phenoxy) is 1. The van der Waals surface area contributed by atoms with E-state index in [2.05, 4.69) is 0 Å². The molecule has 0 unspecified atom stereocenters. The highest BCUT2D eigenvalue weighted by molar-refractivity contribution is 5.91. The summed E-state index contributed by atoms with van der Waals surface area (Å²) >= 11 is 0. The number of carbonyl (C=O) groups excluding carboxylic acids is 1. The zero-order valence-corrected chi connectivity index (χ0v) is 14.1. The van der Waals surface area contributed by atoms with Crippen molar-refractivity contribution < 1.29 is 23.8 Å². The first kappa shape index (κ1) is 17.1. The highest BCUT2D eigenvalue weighted by Crippen LogP contribution is 2.21. The van der Waals surface area contributed by atoms with Gasteiger partial charge in [-0.1, -0.05) is 17.7 Å². The zero-order valence-electron chi connectivity index (χ0n) is 14.1. The lowest BCUT2D eigenvalue weighted by Gasteiger charge is -2.29. The van der Waals surface area contributed by atoms with Crippen molar-refractivity contribution in [2.75, 3.05) is 13.1 Å². The van der Waals surface area contributed by atoms with Crippen molar-refractivity contribution in [1.82, 2.24) is 4.90 Å². The van der Waals surface area contributed by atoms with Crippen molar-refractivity contribution in [3.05, 3.63) is 53.5 Å². The summed E-state index contributed by atoms with van der Waals surface area (Å²) in [6.45, 7) is 3.13. The van der Waals surface area contributed by atoms with Crippen LogP contribution in [0.5, 0.6) is 5.75 Å². The molecule has 0 spiro atoms. The normalized spacial score (nSPS) is 15.2. The summed E-state index contributed by atoms with van der Waals surface area (Å²) in [5.74, 6) is 0.219. The Bertz CT molecular complexity index is 741. The Kier molecular flexibility index (Phi) is 5.07. The second kappa shape index (κ2) is 7.42. The average Bonchev–Trinajstić information content (AvgIpc) is 3.10. The molecule has 0 saturated carbocycles. The van der Waals surface area contributed by atoms with E-state index in [1.807, 2.05) is 31.2 Å². The molecule has 0 aliphatic carbocycles. The maximum Gasteiger partial charge on any atom is 0.306 e. The molecule has 0 bridgehead atoms. The minimum absolute atomic E-state index is 0.203. The summed E-state index contributed by atoms with van der Waals surface area (Å²) in [4.78, 5) is 25.1. The second-order valence-electron chi connectivity index (χ2n) is 6.27. The number of benzene rings is 1. The van der Waals surface area contributed by atoms with E-state index >= 15 is 0 Å². The molecular weight excluding hydrogens is 322 g/mol. The molecule has 1 aromatic heterocycles. The summed E-state index contributed by atoms with van der Waals surface area (Å²) in [6.07, 6.45) is 0.955. The van der Waals surface area contributed by atoms with E-state index in [4.69, 9.17) is 14.3 Å². The van der Waals surface area contributed by atoms with Crippen molar-refractivity contribution in [2.24, 2.45) is 5.92 Å². The number of carbonyl (C=O) groups is 2. The molecule has 1 N–H and O–H groups in total. The summed E-state index contributed by atoms with van der Waals surface area (Å²) < 4.78 is 11.2. The van der Waals surface area contributed by atoms with Crippen molar-refractivity contribution in [3.63, 3.8) is 0 Å². The van der Waals surface area contributed by atoms with Gasteiger partial charge < -0.3 is 19.2 Å². The first-order chi connectivity index (χ1) is 12.0. The number of aliphatic carboxylic acids is 1. The van der Waals surface area contributed by atoms with Crippen molar-refractivity contribution >= 4 is 11.9 Å². The number of amides is 1. The van der Waals surface area contributed by atoms with E-state index in [0.717, 1.165) is 11.3 Å². The van der Waals surface area contributed by atoms with Crippen LogP contribution in [0.3, 0.4) is 0 Å². The fraction of sp³-hybridized carbons (Fsp3) is 0.368. The van der Waals surface area contributed by atoms with Gasteiger partial charge in [0.15, 0.2) is 5.76 Å². The van der Waals surface area contributed by atoms with Crippen LogP contribution in [0.15, 0.2) is 40.8 Å². The predicted octanol–water partition coefficient (Wildman–Crippen LogP) is 3.10. The third-order valence-corrected chi connectivity index (χ3v) is 4.41. The lowest BCUT2D eigenvalue weighted by Crippen LogP contribution is -2.40. The molecule has 6 heteroatoms. The maximum absolute atomic E-state index is 12.4. The van der Waals surface area contributed by atoms with Gasteiger partial charge in [0.25, 0.3) is 5.91 Å². The van der Waals surface area contributed by atoms with Crippen molar-refractivity contribution in [1.29, 1.82) is 0 Å². The van der Waals surface area contributed by atoms with Crippen LogP contribution in [0, 0.1) is 12.8 Å². The Morgan fingerprint density at radius 3 is 2.48 bits per heavy atom. The molecule has 0 radical (unpaired) electrons. The summed E-state index contributed by atoms with van der Waals surface area (Å²) in [5, 5.41) is 9.02. The highest BCUT2D eigenvalue weighted by atomic mass is 16.5. The summed E-state index contributed by atoms with van der Waals surface area (Å²) in [6, 6.07) is 11.1. The fourth-order valence-corrected chi connectivity index (χ4v) is 2.84. The van der Waals surface area contributed by atoms with Gasteiger partial charge >= 0.3 is 5.97 Å². The Balaban J connectivity index is 1.55. The van der Waals surface area contributed by atoms with Gasteiger partial charge in [-0.3, -0.25) is 9.59 Å². The third kappa shape index (κ3) is 4.21. The van der Waals surface area contributed by atoms with Crippen LogP contribution in [0.25, 0.3) is 0 Å². The molecule has 1 aliphatic heterocycles.